The SMILES string of the molecule is CCC(CO)(CO)NC(=O)C(=O)Nc1ccc(C2=CC=C(C)OC2)c(OC)c1. The third kappa shape index (κ3) is 4.90. The lowest BCUT2D eigenvalue weighted by Crippen LogP contribution is -2.56. The summed E-state index contributed by atoms with van der Waals surface area (Å²) in [4.78, 5) is 24.3. The van der Waals surface area contributed by atoms with Crippen LogP contribution in [0.5, 0.6) is 5.75 Å². The molecule has 8 nitrogen and oxygen atoms in total. The molecule has 1 aromatic rings. The van der Waals surface area contributed by atoms with Crippen molar-refractivity contribution >= 4 is 23.1 Å². The van der Waals surface area contributed by atoms with Crippen molar-refractivity contribution in [1.82, 2.24) is 5.32 Å². The molecule has 2 rings (SSSR count). The first kappa shape index (κ1) is 21.5. The van der Waals surface area contributed by atoms with Gasteiger partial charge in [0.05, 0.1) is 31.6 Å². The van der Waals surface area contributed by atoms with Crippen molar-refractivity contribution in [3.05, 3.63) is 41.7 Å². The number of aliphatic hydroxyl groups is 2. The van der Waals surface area contributed by atoms with Gasteiger partial charge >= 0.3 is 11.8 Å². The maximum Gasteiger partial charge on any atom is 0.313 e. The Hall–Kier alpha value is -2.84. The van der Waals surface area contributed by atoms with Crippen molar-refractivity contribution in [2.75, 3.05) is 32.2 Å². The lowest BCUT2D eigenvalue weighted by Gasteiger charge is -2.29. The Labute approximate surface area is 163 Å². The maximum absolute atomic E-state index is 12.2. The number of anilines is 1. The third-order valence-electron chi connectivity index (χ3n) is 4.65. The van der Waals surface area contributed by atoms with Crippen LogP contribution in [0.25, 0.3) is 5.57 Å². The molecule has 1 heterocycles. The second kappa shape index (κ2) is 9.38. The molecule has 0 aromatic heterocycles. The molecule has 0 atom stereocenters. The van der Waals surface area contributed by atoms with E-state index in [-0.39, 0.29) is 6.42 Å². The van der Waals surface area contributed by atoms with Crippen molar-refractivity contribution in [3.63, 3.8) is 0 Å². The van der Waals surface area contributed by atoms with Gasteiger partial charge in [-0.3, -0.25) is 9.59 Å². The Morgan fingerprint density at radius 2 is 1.93 bits per heavy atom. The van der Waals surface area contributed by atoms with E-state index in [1.165, 1.54) is 7.11 Å². The first-order valence-corrected chi connectivity index (χ1v) is 8.92. The van der Waals surface area contributed by atoms with Crippen LogP contribution in [0.1, 0.15) is 25.8 Å². The summed E-state index contributed by atoms with van der Waals surface area (Å²) in [6.45, 7) is 3.01. The fraction of sp³-hybridized carbons (Fsp3) is 0.400. The molecule has 1 aromatic carbocycles. The van der Waals surface area contributed by atoms with E-state index in [1.54, 1.807) is 25.1 Å². The highest BCUT2D eigenvalue weighted by atomic mass is 16.5. The lowest BCUT2D eigenvalue weighted by molar-refractivity contribution is -0.138. The summed E-state index contributed by atoms with van der Waals surface area (Å²) in [6, 6.07) is 5.03. The number of carbonyl (C=O) groups is 2. The van der Waals surface area contributed by atoms with E-state index in [2.05, 4.69) is 10.6 Å². The van der Waals surface area contributed by atoms with E-state index < -0.39 is 30.6 Å². The van der Waals surface area contributed by atoms with Crippen molar-refractivity contribution in [2.45, 2.75) is 25.8 Å². The number of carbonyl (C=O) groups excluding carboxylic acids is 2. The van der Waals surface area contributed by atoms with Gasteiger partial charge < -0.3 is 30.3 Å². The average molecular weight is 390 g/mol. The molecule has 0 spiro atoms. The van der Waals surface area contributed by atoms with Gasteiger partial charge in [0.15, 0.2) is 0 Å². The molecule has 0 bridgehead atoms. The fourth-order valence-corrected chi connectivity index (χ4v) is 2.63. The quantitative estimate of drug-likeness (QED) is 0.520. The predicted octanol–water partition coefficient (Wildman–Crippen LogP) is 1.20. The molecule has 4 N–H and O–H groups in total. The molecular weight excluding hydrogens is 364 g/mol. The van der Waals surface area contributed by atoms with E-state index in [0.29, 0.717) is 18.0 Å². The molecule has 0 saturated heterocycles. The number of amides is 2. The monoisotopic (exact) mass is 390 g/mol. The Morgan fingerprint density at radius 3 is 2.46 bits per heavy atom. The first-order valence-electron chi connectivity index (χ1n) is 8.92. The van der Waals surface area contributed by atoms with Crippen LogP contribution in [0.3, 0.4) is 0 Å². The summed E-state index contributed by atoms with van der Waals surface area (Å²) >= 11 is 0. The van der Waals surface area contributed by atoms with Crippen LogP contribution in [-0.2, 0) is 14.3 Å². The number of benzene rings is 1. The molecule has 28 heavy (non-hydrogen) atoms. The molecule has 1 aliphatic rings. The highest BCUT2D eigenvalue weighted by Gasteiger charge is 2.31. The Morgan fingerprint density at radius 1 is 1.21 bits per heavy atom. The summed E-state index contributed by atoms with van der Waals surface area (Å²) in [6.07, 6.45) is 4.07. The molecule has 1 aliphatic heterocycles. The molecule has 0 saturated carbocycles. The maximum atomic E-state index is 12.2. The van der Waals surface area contributed by atoms with Gasteiger partial charge in [-0.15, -0.1) is 0 Å². The normalized spacial score (nSPS) is 13.8. The van der Waals surface area contributed by atoms with Crippen molar-refractivity contribution < 1.29 is 29.3 Å². The number of methoxy groups -OCH3 is 1. The highest BCUT2D eigenvalue weighted by Crippen LogP contribution is 2.31. The van der Waals surface area contributed by atoms with Crippen LogP contribution in [0, 0.1) is 0 Å². The van der Waals surface area contributed by atoms with E-state index >= 15 is 0 Å². The number of hydrogen-bond acceptors (Lipinski definition) is 6. The zero-order chi connectivity index (χ0) is 20.7. The molecule has 2 amide bonds. The predicted molar refractivity (Wildman–Crippen MR) is 105 cm³/mol. The Bertz CT molecular complexity index is 788. The van der Waals surface area contributed by atoms with Crippen LogP contribution >= 0.6 is 0 Å². The van der Waals surface area contributed by atoms with Gasteiger partial charge in [-0.05, 0) is 31.6 Å². The second-order valence-electron chi connectivity index (χ2n) is 6.53. The van der Waals surface area contributed by atoms with E-state index in [1.807, 2.05) is 19.1 Å². The number of ether oxygens (including phenoxy) is 2. The molecule has 152 valence electrons. The van der Waals surface area contributed by atoms with Gasteiger partial charge in [0.25, 0.3) is 0 Å². The summed E-state index contributed by atoms with van der Waals surface area (Å²) < 4.78 is 10.9. The van der Waals surface area contributed by atoms with Gasteiger partial charge in [-0.1, -0.05) is 13.0 Å². The third-order valence-corrected chi connectivity index (χ3v) is 4.65. The highest BCUT2D eigenvalue weighted by molar-refractivity contribution is 6.39. The van der Waals surface area contributed by atoms with Crippen LogP contribution in [-0.4, -0.2) is 54.5 Å². The van der Waals surface area contributed by atoms with E-state index in [9.17, 15) is 19.8 Å². The minimum atomic E-state index is -1.24. The minimum absolute atomic E-state index is 0.270. The van der Waals surface area contributed by atoms with Gasteiger partial charge in [-0.2, -0.15) is 0 Å². The van der Waals surface area contributed by atoms with E-state index in [0.717, 1.165) is 16.9 Å². The summed E-state index contributed by atoms with van der Waals surface area (Å²) in [7, 11) is 1.51. The molecule has 0 unspecified atom stereocenters. The van der Waals surface area contributed by atoms with Crippen LogP contribution < -0.4 is 15.4 Å². The van der Waals surface area contributed by atoms with Crippen LogP contribution in [0.2, 0.25) is 0 Å². The summed E-state index contributed by atoms with van der Waals surface area (Å²) in [5, 5.41) is 23.7. The van der Waals surface area contributed by atoms with Crippen LogP contribution in [0.15, 0.2) is 36.1 Å². The van der Waals surface area contributed by atoms with Gasteiger partial charge in [0.1, 0.15) is 12.4 Å². The number of rotatable bonds is 7. The fourth-order valence-electron chi connectivity index (χ4n) is 2.63. The van der Waals surface area contributed by atoms with Gasteiger partial charge in [0.2, 0.25) is 0 Å². The Balaban J connectivity index is 2.14. The van der Waals surface area contributed by atoms with Crippen molar-refractivity contribution in [3.8, 4) is 5.75 Å². The largest absolute Gasteiger partial charge is 0.496 e. The zero-order valence-electron chi connectivity index (χ0n) is 16.2. The van der Waals surface area contributed by atoms with E-state index in [4.69, 9.17) is 9.47 Å². The Kier molecular flexibility index (Phi) is 7.19. The number of nitrogens with one attached hydrogen (secondary N) is 2. The number of aliphatic hydroxyl groups excluding tert-OH is 2. The first-order chi connectivity index (χ1) is 13.4. The van der Waals surface area contributed by atoms with Crippen molar-refractivity contribution in [1.29, 1.82) is 0 Å². The lowest BCUT2D eigenvalue weighted by atomic mass is 9.98. The zero-order valence-corrected chi connectivity index (χ0v) is 16.2. The van der Waals surface area contributed by atoms with Gasteiger partial charge in [0, 0.05) is 22.9 Å². The van der Waals surface area contributed by atoms with Crippen molar-refractivity contribution in [2.24, 2.45) is 0 Å². The second-order valence-corrected chi connectivity index (χ2v) is 6.53. The summed E-state index contributed by atoms with van der Waals surface area (Å²) in [5.41, 5.74) is 0.880. The molecule has 8 heteroatoms. The van der Waals surface area contributed by atoms with Gasteiger partial charge in [-0.25, -0.2) is 0 Å². The number of allylic oxidation sites excluding steroid dienone is 3. The molecule has 0 aliphatic carbocycles. The topological polar surface area (TPSA) is 117 Å². The summed E-state index contributed by atoms with van der Waals surface area (Å²) in [5.74, 6) is -0.508. The van der Waals surface area contributed by atoms with Crippen LogP contribution in [0.4, 0.5) is 5.69 Å². The molecule has 0 radical (unpaired) electrons. The molecular formula is C20H26N2O6. The molecule has 0 fully saturated rings. The average Bonchev–Trinajstić information content (AvgIpc) is 2.72. The standard InChI is InChI=1S/C20H26N2O6/c1-4-20(11-23,12-24)22-19(26)18(25)21-15-7-8-16(17(9-15)27-3)14-6-5-13(2)28-10-14/h5-9,23-24H,4,10-12H2,1-3H3,(H,21,25)(H,22,26). The minimum Gasteiger partial charge on any atom is -0.496 e. The smallest absolute Gasteiger partial charge is 0.313 e. The number of hydrogen-bond donors (Lipinski definition) is 4.